The maximum absolute atomic E-state index is 9.73. The van der Waals surface area contributed by atoms with Gasteiger partial charge < -0.3 is 24.7 Å². The van der Waals surface area contributed by atoms with Crippen LogP contribution in [0.3, 0.4) is 0 Å². The average molecular weight is 398 g/mol. The van der Waals surface area contributed by atoms with Crippen molar-refractivity contribution in [1.82, 2.24) is 0 Å². The fourth-order valence-electron chi connectivity index (χ4n) is 3.69. The van der Waals surface area contributed by atoms with E-state index in [-0.39, 0.29) is 18.6 Å². The van der Waals surface area contributed by atoms with E-state index < -0.39 is 0 Å². The summed E-state index contributed by atoms with van der Waals surface area (Å²) in [6.45, 7) is 0.643. The zero-order valence-corrected chi connectivity index (χ0v) is 16.0. The Morgan fingerprint density at radius 3 is 2.43 bits per heavy atom. The molecule has 2 aliphatic rings. The van der Waals surface area contributed by atoms with Gasteiger partial charge in [-0.05, 0) is 29.3 Å². The molecule has 6 nitrogen and oxygen atoms in total. The molecule has 0 saturated heterocycles. The van der Waals surface area contributed by atoms with Crippen molar-refractivity contribution >= 4 is 0 Å². The van der Waals surface area contributed by atoms with Crippen molar-refractivity contribution in [2.24, 2.45) is 5.73 Å². The number of benzene rings is 3. The molecule has 0 bridgehead atoms. The predicted molar refractivity (Wildman–Crippen MR) is 109 cm³/mol. The fourth-order valence-corrected chi connectivity index (χ4v) is 3.69. The van der Waals surface area contributed by atoms with Crippen molar-refractivity contribution in [3.8, 4) is 29.1 Å². The summed E-state index contributed by atoms with van der Waals surface area (Å²) < 4.78 is 22.5. The minimum Gasteiger partial charge on any atom is -0.489 e. The van der Waals surface area contributed by atoms with Crippen molar-refractivity contribution in [2.75, 3.05) is 6.79 Å². The van der Waals surface area contributed by atoms with Crippen LogP contribution < -0.4 is 24.7 Å². The maximum Gasteiger partial charge on any atom is 0.231 e. The molecule has 148 valence electrons. The quantitative estimate of drug-likeness (QED) is 0.708. The molecule has 2 heterocycles. The molecule has 0 radical (unpaired) electrons. The molecule has 0 unspecified atom stereocenters. The van der Waals surface area contributed by atoms with Gasteiger partial charge in [-0.25, -0.2) is 0 Å². The Kier molecular flexibility index (Phi) is 4.41. The zero-order chi connectivity index (χ0) is 20.5. The molecule has 6 heteroatoms. The minimum absolute atomic E-state index is 0.0956. The minimum atomic E-state index is -0.364. The Hall–Kier alpha value is -4.11. The summed E-state index contributed by atoms with van der Waals surface area (Å²) in [5.74, 6) is 2.27. The number of allylic oxidation sites excluding steroid dienone is 1. The van der Waals surface area contributed by atoms with Crippen molar-refractivity contribution in [3.63, 3.8) is 0 Å². The van der Waals surface area contributed by atoms with Crippen LogP contribution in [-0.2, 0) is 6.61 Å². The standard InChI is InChI=1S/C24H18N2O4/c25-12-19-23(18-10-21-22(29-14-28-21)11-20(18)30-24(19)26)16-6-8-17(9-7-16)27-13-15-4-2-1-3-5-15/h1-11,23H,13-14,26H2/t23-/m0/s1. The smallest absolute Gasteiger partial charge is 0.231 e. The molecular formula is C24H18N2O4. The second kappa shape index (κ2) is 7.37. The molecule has 0 amide bonds. The number of fused-ring (bicyclic) bond motifs is 2. The third kappa shape index (κ3) is 3.16. The van der Waals surface area contributed by atoms with Crippen molar-refractivity contribution in [1.29, 1.82) is 5.26 Å². The number of nitrogens with two attached hydrogens (primary N) is 1. The molecule has 0 aromatic heterocycles. The normalized spacial score (nSPS) is 16.4. The first kappa shape index (κ1) is 18.0. The van der Waals surface area contributed by atoms with E-state index >= 15 is 0 Å². The molecule has 5 rings (SSSR count). The van der Waals surface area contributed by atoms with Crippen molar-refractivity contribution < 1.29 is 18.9 Å². The first-order valence-corrected chi connectivity index (χ1v) is 9.51. The largest absolute Gasteiger partial charge is 0.489 e. The highest BCUT2D eigenvalue weighted by molar-refractivity contribution is 5.61. The van der Waals surface area contributed by atoms with Gasteiger partial charge in [0, 0.05) is 11.6 Å². The lowest BCUT2D eigenvalue weighted by molar-refractivity contribution is 0.174. The van der Waals surface area contributed by atoms with E-state index in [1.807, 2.05) is 60.7 Å². The van der Waals surface area contributed by atoms with E-state index in [1.54, 1.807) is 6.07 Å². The Morgan fingerprint density at radius 2 is 1.70 bits per heavy atom. The van der Waals surface area contributed by atoms with Gasteiger partial charge in [0.15, 0.2) is 11.5 Å². The summed E-state index contributed by atoms with van der Waals surface area (Å²) in [5, 5.41) is 9.73. The molecule has 3 aromatic carbocycles. The SMILES string of the molecule is N#CC1=C(N)Oc2cc3c(cc2[C@@H]1c1ccc(OCc2ccccc2)cc1)OCO3. The fraction of sp³-hybridized carbons (Fsp3) is 0.125. The average Bonchev–Trinajstić information content (AvgIpc) is 3.24. The molecule has 0 aliphatic carbocycles. The van der Waals surface area contributed by atoms with Gasteiger partial charge >= 0.3 is 0 Å². The molecule has 2 N–H and O–H groups in total. The lowest BCUT2D eigenvalue weighted by atomic mass is 9.83. The van der Waals surface area contributed by atoms with Crippen LogP contribution in [0.4, 0.5) is 0 Å². The van der Waals surface area contributed by atoms with E-state index in [9.17, 15) is 5.26 Å². The Labute approximate surface area is 173 Å². The second-order valence-electron chi connectivity index (χ2n) is 7.01. The Bertz CT molecular complexity index is 1160. The zero-order valence-electron chi connectivity index (χ0n) is 16.0. The highest BCUT2D eigenvalue weighted by atomic mass is 16.7. The van der Waals surface area contributed by atoms with Crippen molar-refractivity contribution in [3.05, 3.63) is 94.9 Å². The number of nitriles is 1. The van der Waals surface area contributed by atoms with Crippen LogP contribution in [0.15, 0.2) is 78.2 Å². The summed E-state index contributed by atoms with van der Waals surface area (Å²) in [5.41, 5.74) is 9.23. The third-order valence-corrected chi connectivity index (χ3v) is 5.17. The van der Waals surface area contributed by atoms with Gasteiger partial charge in [-0.15, -0.1) is 0 Å². The summed E-state index contributed by atoms with van der Waals surface area (Å²) in [6.07, 6.45) is 0. The van der Waals surface area contributed by atoms with Gasteiger partial charge in [0.2, 0.25) is 12.7 Å². The van der Waals surface area contributed by atoms with E-state index in [1.165, 1.54) is 0 Å². The van der Waals surface area contributed by atoms with Crippen LogP contribution in [0.2, 0.25) is 0 Å². The number of rotatable bonds is 4. The van der Waals surface area contributed by atoms with Gasteiger partial charge in [-0.2, -0.15) is 5.26 Å². The third-order valence-electron chi connectivity index (χ3n) is 5.17. The first-order chi connectivity index (χ1) is 14.7. The van der Waals surface area contributed by atoms with E-state index in [0.29, 0.717) is 29.4 Å². The van der Waals surface area contributed by atoms with Crippen LogP contribution in [0.5, 0.6) is 23.0 Å². The molecule has 0 saturated carbocycles. The number of hydrogen-bond donors (Lipinski definition) is 1. The van der Waals surface area contributed by atoms with Crippen LogP contribution in [-0.4, -0.2) is 6.79 Å². The van der Waals surface area contributed by atoms with Crippen LogP contribution in [0.25, 0.3) is 0 Å². The lowest BCUT2D eigenvalue weighted by Gasteiger charge is -2.26. The number of nitrogens with zero attached hydrogens (tertiary/aromatic N) is 1. The molecule has 0 spiro atoms. The molecule has 30 heavy (non-hydrogen) atoms. The Morgan fingerprint density at radius 1 is 0.967 bits per heavy atom. The van der Waals surface area contributed by atoms with E-state index in [0.717, 1.165) is 22.4 Å². The monoisotopic (exact) mass is 398 g/mol. The van der Waals surface area contributed by atoms with Gasteiger partial charge in [0.05, 0.1) is 5.92 Å². The van der Waals surface area contributed by atoms with E-state index in [4.69, 9.17) is 24.7 Å². The topological polar surface area (TPSA) is 86.7 Å². The van der Waals surface area contributed by atoms with Crippen LogP contribution in [0, 0.1) is 11.3 Å². The predicted octanol–water partition coefficient (Wildman–Crippen LogP) is 4.21. The van der Waals surface area contributed by atoms with Gasteiger partial charge in [0.25, 0.3) is 0 Å². The molecule has 0 fully saturated rings. The maximum atomic E-state index is 9.73. The van der Waals surface area contributed by atoms with Crippen LogP contribution >= 0.6 is 0 Å². The highest BCUT2D eigenvalue weighted by Gasteiger charge is 2.33. The lowest BCUT2D eigenvalue weighted by Crippen LogP contribution is -2.21. The van der Waals surface area contributed by atoms with E-state index in [2.05, 4.69) is 6.07 Å². The summed E-state index contributed by atoms with van der Waals surface area (Å²) in [6, 6.07) is 23.4. The molecule has 1 atom stereocenters. The van der Waals surface area contributed by atoms with Gasteiger partial charge in [0.1, 0.15) is 29.7 Å². The Balaban J connectivity index is 1.46. The summed E-state index contributed by atoms with van der Waals surface area (Å²) in [7, 11) is 0. The molecule has 2 aliphatic heterocycles. The number of hydrogen-bond acceptors (Lipinski definition) is 6. The van der Waals surface area contributed by atoms with Crippen LogP contribution in [0.1, 0.15) is 22.6 Å². The van der Waals surface area contributed by atoms with Crippen molar-refractivity contribution in [2.45, 2.75) is 12.5 Å². The summed E-state index contributed by atoms with van der Waals surface area (Å²) >= 11 is 0. The number of ether oxygens (including phenoxy) is 4. The first-order valence-electron chi connectivity index (χ1n) is 9.51. The van der Waals surface area contributed by atoms with Gasteiger partial charge in [-0.1, -0.05) is 42.5 Å². The molecule has 3 aromatic rings. The highest BCUT2D eigenvalue weighted by Crippen LogP contribution is 2.47. The summed E-state index contributed by atoms with van der Waals surface area (Å²) in [4.78, 5) is 0. The second-order valence-corrected chi connectivity index (χ2v) is 7.01. The van der Waals surface area contributed by atoms with Gasteiger partial charge in [-0.3, -0.25) is 0 Å². The molecular weight excluding hydrogens is 380 g/mol.